The quantitative estimate of drug-likeness (QED) is 0.913. The molecule has 0 radical (unpaired) electrons. The van der Waals surface area contributed by atoms with Crippen molar-refractivity contribution in [1.82, 2.24) is 9.97 Å². The van der Waals surface area contributed by atoms with Gasteiger partial charge in [0.1, 0.15) is 5.69 Å². The van der Waals surface area contributed by atoms with Crippen LogP contribution in [0.1, 0.15) is 25.7 Å². The van der Waals surface area contributed by atoms with Crippen LogP contribution in [0.5, 0.6) is 0 Å². The Labute approximate surface area is 127 Å². The van der Waals surface area contributed by atoms with E-state index in [1.54, 1.807) is 6.20 Å². The van der Waals surface area contributed by atoms with Crippen LogP contribution in [0.4, 0.5) is 5.13 Å². The van der Waals surface area contributed by atoms with Crippen LogP contribution in [0.15, 0.2) is 29.8 Å². The predicted octanol–water partition coefficient (Wildman–Crippen LogP) is 2.66. The predicted molar refractivity (Wildman–Crippen MR) is 83.9 cm³/mol. The number of nitrogens with zero attached hydrogens (tertiary/aromatic N) is 2. The highest BCUT2D eigenvalue weighted by Gasteiger charge is 2.25. The minimum atomic E-state index is 0.0101. The van der Waals surface area contributed by atoms with Crippen LogP contribution < -0.4 is 11.1 Å². The van der Waals surface area contributed by atoms with Crippen LogP contribution >= 0.6 is 11.3 Å². The Kier molecular flexibility index (Phi) is 4.26. The van der Waals surface area contributed by atoms with Gasteiger partial charge in [0, 0.05) is 23.5 Å². The molecule has 0 aromatic carbocycles. The molecule has 3 N–H and O–H groups in total. The second-order valence-corrected chi connectivity index (χ2v) is 6.22. The Morgan fingerprint density at radius 3 is 3.00 bits per heavy atom. The lowest BCUT2D eigenvalue weighted by Gasteiger charge is -2.25. The van der Waals surface area contributed by atoms with Gasteiger partial charge < -0.3 is 11.1 Å². The molecule has 0 bridgehead atoms. The van der Waals surface area contributed by atoms with Gasteiger partial charge in [0.15, 0.2) is 5.13 Å². The van der Waals surface area contributed by atoms with E-state index < -0.39 is 0 Å². The van der Waals surface area contributed by atoms with Crippen molar-refractivity contribution in [2.75, 3.05) is 5.32 Å². The second kappa shape index (κ2) is 6.32. The monoisotopic (exact) mass is 302 g/mol. The van der Waals surface area contributed by atoms with E-state index in [2.05, 4.69) is 15.3 Å². The van der Waals surface area contributed by atoms with E-state index in [1.807, 2.05) is 23.6 Å². The number of amides is 1. The highest BCUT2D eigenvalue weighted by atomic mass is 32.1. The number of nitrogens with one attached hydrogen (secondary N) is 1. The first-order valence-electron chi connectivity index (χ1n) is 7.16. The molecule has 21 heavy (non-hydrogen) atoms. The van der Waals surface area contributed by atoms with Crippen molar-refractivity contribution in [3.63, 3.8) is 0 Å². The van der Waals surface area contributed by atoms with Crippen molar-refractivity contribution < 1.29 is 4.79 Å². The van der Waals surface area contributed by atoms with Gasteiger partial charge in [0.2, 0.25) is 5.91 Å². The Balaban J connectivity index is 1.66. The summed E-state index contributed by atoms with van der Waals surface area (Å²) in [6, 6.07) is 5.84. The van der Waals surface area contributed by atoms with E-state index in [9.17, 15) is 4.79 Å². The van der Waals surface area contributed by atoms with Crippen LogP contribution in [0, 0.1) is 5.92 Å². The average Bonchev–Trinajstić information content (AvgIpc) is 2.97. The van der Waals surface area contributed by atoms with Crippen LogP contribution in [0.25, 0.3) is 11.4 Å². The first kappa shape index (κ1) is 14.2. The molecule has 1 saturated carbocycles. The van der Waals surface area contributed by atoms with Gasteiger partial charge >= 0.3 is 0 Å². The van der Waals surface area contributed by atoms with Crippen LogP contribution in [-0.4, -0.2) is 21.9 Å². The molecule has 1 aliphatic rings. The highest BCUT2D eigenvalue weighted by molar-refractivity contribution is 7.14. The lowest BCUT2D eigenvalue weighted by molar-refractivity contribution is -0.120. The molecular formula is C15H18N4OS. The third-order valence-corrected chi connectivity index (χ3v) is 4.50. The van der Waals surface area contributed by atoms with Crippen LogP contribution in [0.3, 0.4) is 0 Å². The lowest BCUT2D eigenvalue weighted by atomic mass is 9.86. The van der Waals surface area contributed by atoms with E-state index in [1.165, 1.54) is 11.3 Å². The first-order chi connectivity index (χ1) is 10.2. The van der Waals surface area contributed by atoms with Gasteiger partial charge in [-0.1, -0.05) is 12.5 Å². The molecule has 1 aliphatic carbocycles. The van der Waals surface area contributed by atoms with E-state index in [0.29, 0.717) is 5.13 Å². The van der Waals surface area contributed by atoms with Gasteiger partial charge in [-0.3, -0.25) is 9.78 Å². The van der Waals surface area contributed by atoms with Crippen LogP contribution in [0.2, 0.25) is 0 Å². The summed E-state index contributed by atoms with van der Waals surface area (Å²) >= 11 is 1.42. The maximum Gasteiger partial charge on any atom is 0.229 e. The number of rotatable bonds is 3. The molecule has 110 valence electrons. The molecule has 5 nitrogen and oxygen atoms in total. The Hall–Kier alpha value is -1.79. The molecule has 2 aromatic heterocycles. The minimum absolute atomic E-state index is 0.0101. The van der Waals surface area contributed by atoms with Crippen molar-refractivity contribution in [2.45, 2.75) is 31.7 Å². The van der Waals surface area contributed by atoms with Gasteiger partial charge in [-0.2, -0.15) is 0 Å². The molecule has 1 fully saturated rings. The number of carbonyl (C=O) groups excluding carboxylic acids is 1. The summed E-state index contributed by atoms with van der Waals surface area (Å²) in [5, 5.41) is 5.44. The fourth-order valence-electron chi connectivity index (χ4n) is 2.64. The normalized spacial score (nSPS) is 22.0. The zero-order valence-electron chi connectivity index (χ0n) is 11.7. The van der Waals surface area contributed by atoms with Gasteiger partial charge in [-0.05, 0) is 31.4 Å². The average molecular weight is 302 g/mol. The molecule has 6 heteroatoms. The summed E-state index contributed by atoms with van der Waals surface area (Å²) in [4.78, 5) is 20.9. The van der Waals surface area contributed by atoms with E-state index in [0.717, 1.165) is 37.1 Å². The van der Waals surface area contributed by atoms with Crippen molar-refractivity contribution in [2.24, 2.45) is 11.7 Å². The fraction of sp³-hybridized carbons (Fsp3) is 0.400. The number of anilines is 1. The third-order valence-electron chi connectivity index (χ3n) is 3.75. The lowest BCUT2D eigenvalue weighted by Crippen LogP contribution is -2.34. The summed E-state index contributed by atoms with van der Waals surface area (Å²) in [5.41, 5.74) is 7.54. The SMILES string of the molecule is NC1CCCC(C(=O)Nc2nc(-c3ccccn3)cs2)C1. The summed E-state index contributed by atoms with van der Waals surface area (Å²) in [7, 11) is 0. The molecule has 1 amide bonds. The molecule has 2 atom stereocenters. The summed E-state index contributed by atoms with van der Waals surface area (Å²) in [6.45, 7) is 0. The smallest absolute Gasteiger partial charge is 0.229 e. The number of aromatic nitrogens is 2. The number of hydrogen-bond donors (Lipinski definition) is 2. The van der Waals surface area contributed by atoms with E-state index >= 15 is 0 Å². The van der Waals surface area contributed by atoms with Gasteiger partial charge in [0.05, 0.1) is 5.69 Å². The van der Waals surface area contributed by atoms with Gasteiger partial charge in [-0.25, -0.2) is 4.98 Å². The Morgan fingerprint density at radius 2 is 2.24 bits per heavy atom. The van der Waals surface area contributed by atoms with Crippen molar-refractivity contribution >= 4 is 22.4 Å². The van der Waals surface area contributed by atoms with Gasteiger partial charge in [-0.15, -0.1) is 11.3 Å². The summed E-state index contributed by atoms with van der Waals surface area (Å²) in [6.07, 6.45) is 5.46. The molecular weight excluding hydrogens is 284 g/mol. The molecule has 0 aliphatic heterocycles. The zero-order chi connectivity index (χ0) is 14.7. The number of pyridine rings is 1. The molecule has 3 rings (SSSR count). The van der Waals surface area contributed by atoms with Crippen molar-refractivity contribution in [3.8, 4) is 11.4 Å². The van der Waals surface area contributed by atoms with Gasteiger partial charge in [0.25, 0.3) is 0 Å². The number of hydrogen-bond acceptors (Lipinski definition) is 5. The summed E-state index contributed by atoms with van der Waals surface area (Å²) in [5.74, 6) is 0.0445. The topological polar surface area (TPSA) is 80.9 Å². The molecule has 0 saturated heterocycles. The molecule has 0 spiro atoms. The van der Waals surface area contributed by atoms with Crippen molar-refractivity contribution in [1.29, 1.82) is 0 Å². The number of nitrogens with two attached hydrogens (primary N) is 1. The molecule has 2 aromatic rings. The minimum Gasteiger partial charge on any atom is -0.328 e. The molecule has 2 heterocycles. The Morgan fingerprint density at radius 1 is 1.33 bits per heavy atom. The standard InChI is InChI=1S/C15H18N4OS/c16-11-5-3-4-10(8-11)14(20)19-15-18-13(9-21-15)12-6-1-2-7-17-12/h1-2,6-7,9-11H,3-5,8,16H2,(H,18,19,20). The fourth-order valence-corrected chi connectivity index (χ4v) is 3.34. The number of carbonyl (C=O) groups is 1. The maximum atomic E-state index is 12.2. The highest BCUT2D eigenvalue weighted by Crippen LogP contribution is 2.27. The molecule has 2 unspecified atom stereocenters. The zero-order valence-corrected chi connectivity index (χ0v) is 12.5. The largest absolute Gasteiger partial charge is 0.328 e. The van der Waals surface area contributed by atoms with E-state index in [4.69, 9.17) is 5.73 Å². The van der Waals surface area contributed by atoms with E-state index in [-0.39, 0.29) is 17.9 Å². The maximum absolute atomic E-state index is 12.2. The Bertz CT molecular complexity index is 613. The first-order valence-corrected chi connectivity index (χ1v) is 8.03. The van der Waals surface area contributed by atoms with Crippen LogP contribution in [-0.2, 0) is 4.79 Å². The number of thiazole rings is 1. The second-order valence-electron chi connectivity index (χ2n) is 5.37. The summed E-state index contributed by atoms with van der Waals surface area (Å²) < 4.78 is 0. The van der Waals surface area contributed by atoms with Crippen molar-refractivity contribution in [3.05, 3.63) is 29.8 Å². The third kappa shape index (κ3) is 3.46.